The van der Waals surface area contributed by atoms with Gasteiger partial charge in [-0.15, -0.1) is 13.2 Å². The number of nitrogens with one attached hydrogen (secondary N) is 1. The number of hydrogen-bond donors (Lipinski definition) is 2. The molecule has 0 radical (unpaired) electrons. The lowest BCUT2D eigenvalue weighted by atomic mass is 9.93. The second-order valence-electron chi connectivity index (χ2n) is 10.6. The van der Waals surface area contributed by atoms with E-state index in [1.165, 1.54) is 24.3 Å². The lowest BCUT2D eigenvalue weighted by Crippen LogP contribution is -2.57. The van der Waals surface area contributed by atoms with Crippen LogP contribution >= 0.6 is 0 Å². The fourth-order valence-corrected chi connectivity index (χ4v) is 6.02. The van der Waals surface area contributed by atoms with E-state index in [1.807, 2.05) is 35.2 Å². The zero-order chi connectivity index (χ0) is 26.2. The number of aryl methyl sites for hydroxylation is 1. The summed E-state index contributed by atoms with van der Waals surface area (Å²) in [5, 5.41) is 3.05. The minimum Gasteiger partial charge on any atom is -0.406 e. The molecule has 3 aliphatic rings. The highest BCUT2D eigenvalue weighted by Gasteiger charge is 2.52. The van der Waals surface area contributed by atoms with Gasteiger partial charge in [0.2, 0.25) is 11.8 Å². The number of benzene rings is 2. The molecule has 2 aromatic rings. The summed E-state index contributed by atoms with van der Waals surface area (Å²) >= 11 is 0. The van der Waals surface area contributed by atoms with Gasteiger partial charge in [0.1, 0.15) is 11.8 Å². The average molecular weight is 516 g/mol. The average Bonchev–Trinajstić information content (AvgIpc) is 3.62. The summed E-state index contributed by atoms with van der Waals surface area (Å²) in [7, 11) is 0. The number of hydrogen-bond acceptors (Lipinski definition) is 4. The van der Waals surface area contributed by atoms with E-state index in [0.717, 1.165) is 31.2 Å². The molecule has 2 aliphatic heterocycles. The molecule has 2 unspecified atom stereocenters. The Labute approximate surface area is 214 Å². The van der Waals surface area contributed by atoms with Gasteiger partial charge in [0.25, 0.3) is 0 Å². The highest BCUT2D eigenvalue weighted by atomic mass is 19.4. The summed E-state index contributed by atoms with van der Waals surface area (Å²) in [6, 6.07) is 14.9. The Morgan fingerprint density at radius 2 is 1.65 bits per heavy atom. The number of nitrogens with two attached hydrogens (primary N) is 1. The van der Waals surface area contributed by atoms with Gasteiger partial charge in [0.15, 0.2) is 0 Å². The Balaban J connectivity index is 1.32. The fourth-order valence-electron chi connectivity index (χ4n) is 6.02. The quantitative estimate of drug-likeness (QED) is 0.552. The first-order valence-electron chi connectivity index (χ1n) is 12.9. The largest absolute Gasteiger partial charge is 0.573 e. The standard InChI is InChI=1S/C28H32F3N3O3/c29-28(30,31)37-23-11-7-19(8-12-23)27(14-15-27)26(36)33-24(13-6-18-4-2-1-3-5-18)25(35)34-21-9-10-22(34)17-20(32)16-21/h1-5,7-8,11-12,20-22,24H,6,9-10,13-17,32H2,(H,33,36)/t20?,21?,22?,24-/m0/s1. The second kappa shape index (κ2) is 10.0. The van der Waals surface area contributed by atoms with Crippen LogP contribution in [0, 0.1) is 0 Å². The Morgan fingerprint density at radius 3 is 2.22 bits per heavy atom. The second-order valence-corrected chi connectivity index (χ2v) is 10.6. The van der Waals surface area contributed by atoms with Gasteiger partial charge in [0, 0.05) is 18.1 Å². The van der Waals surface area contributed by atoms with E-state index in [0.29, 0.717) is 31.2 Å². The monoisotopic (exact) mass is 515 g/mol. The number of carbonyl (C=O) groups excluding carboxylic acids is 2. The molecule has 1 aliphatic carbocycles. The number of carbonyl (C=O) groups is 2. The SMILES string of the molecule is NC1CC2CCC(C1)N2C(=O)[C@H](CCc1ccccc1)NC(=O)C1(c2ccc(OC(F)(F)F)cc2)CC1. The van der Waals surface area contributed by atoms with Crippen LogP contribution in [0.1, 0.15) is 56.1 Å². The van der Waals surface area contributed by atoms with Gasteiger partial charge in [-0.05, 0) is 74.6 Å². The van der Waals surface area contributed by atoms with Crippen molar-refractivity contribution in [1.82, 2.24) is 10.2 Å². The maximum atomic E-state index is 13.8. The third-order valence-corrected chi connectivity index (χ3v) is 8.02. The van der Waals surface area contributed by atoms with Crippen LogP contribution in [0.25, 0.3) is 0 Å². The molecule has 9 heteroatoms. The van der Waals surface area contributed by atoms with Crippen LogP contribution in [0.5, 0.6) is 5.75 Å². The molecule has 3 fully saturated rings. The van der Waals surface area contributed by atoms with Gasteiger partial charge >= 0.3 is 6.36 Å². The number of nitrogens with zero attached hydrogens (tertiary/aromatic N) is 1. The van der Waals surface area contributed by atoms with Crippen LogP contribution in [-0.4, -0.2) is 47.2 Å². The lowest BCUT2D eigenvalue weighted by Gasteiger charge is -2.40. The minimum atomic E-state index is -4.78. The van der Waals surface area contributed by atoms with E-state index in [4.69, 9.17) is 5.73 Å². The van der Waals surface area contributed by atoms with Gasteiger partial charge in [0.05, 0.1) is 5.41 Å². The number of halogens is 3. The van der Waals surface area contributed by atoms with Crippen molar-refractivity contribution in [3.05, 3.63) is 65.7 Å². The van der Waals surface area contributed by atoms with Crippen molar-refractivity contribution >= 4 is 11.8 Å². The molecular formula is C28H32F3N3O3. The van der Waals surface area contributed by atoms with Crippen LogP contribution in [0.4, 0.5) is 13.2 Å². The summed E-state index contributed by atoms with van der Waals surface area (Å²) in [5.41, 5.74) is 7.07. The maximum absolute atomic E-state index is 13.8. The van der Waals surface area contributed by atoms with Crippen molar-refractivity contribution in [3.63, 3.8) is 0 Å². The summed E-state index contributed by atoms with van der Waals surface area (Å²) in [4.78, 5) is 29.4. The van der Waals surface area contributed by atoms with E-state index in [1.54, 1.807) is 0 Å². The van der Waals surface area contributed by atoms with E-state index in [2.05, 4.69) is 10.1 Å². The molecule has 2 amide bonds. The molecule has 198 valence electrons. The number of alkyl halides is 3. The highest BCUT2D eigenvalue weighted by molar-refractivity contribution is 5.95. The number of piperidine rings is 1. The van der Waals surface area contributed by atoms with Crippen LogP contribution in [0.15, 0.2) is 54.6 Å². The van der Waals surface area contributed by atoms with Crippen LogP contribution < -0.4 is 15.8 Å². The van der Waals surface area contributed by atoms with Crippen molar-refractivity contribution in [2.75, 3.05) is 0 Å². The third-order valence-electron chi connectivity index (χ3n) is 8.02. The Hall–Kier alpha value is -3.07. The molecule has 3 atom stereocenters. The first-order chi connectivity index (χ1) is 17.6. The molecule has 1 saturated carbocycles. The first-order valence-corrected chi connectivity index (χ1v) is 12.9. The van der Waals surface area contributed by atoms with Crippen molar-refractivity contribution < 1.29 is 27.5 Å². The number of amides is 2. The summed E-state index contributed by atoms with van der Waals surface area (Å²) in [6.45, 7) is 0. The van der Waals surface area contributed by atoms with Gasteiger partial charge in [-0.2, -0.15) is 0 Å². The first kappa shape index (κ1) is 25.6. The molecule has 6 nitrogen and oxygen atoms in total. The molecule has 2 aromatic carbocycles. The predicted molar refractivity (Wildman–Crippen MR) is 132 cm³/mol. The Bertz CT molecular complexity index is 1100. The Kier molecular flexibility index (Phi) is 6.91. The maximum Gasteiger partial charge on any atom is 0.573 e. The van der Waals surface area contributed by atoms with E-state index in [9.17, 15) is 22.8 Å². The van der Waals surface area contributed by atoms with E-state index in [-0.39, 0.29) is 35.7 Å². The van der Waals surface area contributed by atoms with Crippen LogP contribution in [-0.2, 0) is 21.4 Å². The smallest absolute Gasteiger partial charge is 0.406 e. The fraction of sp³-hybridized carbons (Fsp3) is 0.500. The Morgan fingerprint density at radius 1 is 1.03 bits per heavy atom. The normalized spacial score (nSPS) is 24.9. The van der Waals surface area contributed by atoms with E-state index < -0.39 is 17.8 Å². The summed E-state index contributed by atoms with van der Waals surface area (Å²) in [6.07, 6.45) is 0.876. The lowest BCUT2D eigenvalue weighted by molar-refractivity contribution is -0.274. The molecule has 3 N–H and O–H groups in total. The molecule has 5 rings (SSSR count). The molecule has 0 spiro atoms. The number of rotatable bonds is 8. The number of fused-ring (bicyclic) bond motifs is 2. The van der Waals surface area contributed by atoms with Gasteiger partial charge in [-0.1, -0.05) is 42.5 Å². The third kappa shape index (κ3) is 5.61. The molecule has 37 heavy (non-hydrogen) atoms. The highest BCUT2D eigenvalue weighted by Crippen LogP contribution is 2.49. The van der Waals surface area contributed by atoms with Gasteiger partial charge in [-0.25, -0.2) is 0 Å². The van der Waals surface area contributed by atoms with Crippen LogP contribution in [0.2, 0.25) is 0 Å². The van der Waals surface area contributed by atoms with Crippen molar-refractivity contribution in [1.29, 1.82) is 0 Å². The molecule has 0 aromatic heterocycles. The predicted octanol–water partition coefficient (Wildman–Crippen LogP) is 4.22. The van der Waals surface area contributed by atoms with Gasteiger partial charge in [-0.3, -0.25) is 9.59 Å². The van der Waals surface area contributed by atoms with Crippen molar-refractivity contribution in [2.24, 2.45) is 5.73 Å². The molecular weight excluding hydrogens is 483 g/mol. The zero-order valence-corrected chi connectivity index (χ0v) is 20.5. The zero-order valence-electron chi connectivity index (χ0n) is 20.5. The van der Waals surface area contributed by atoms with Crippen LogP contribution in [0.3, 0.4) is 0 Å². The molecule has 2 saturated heterocycles. The number of ether oxygens (including phenoxy) is 1. The van der Waals surface area contributed by atoms with E-state index >= 15 is 0 Å². The topological polar surface area (TPSA) is 84.7 Å². The van der Waals surface area contributed by atoms with Crippen molar-refractivity contribution in [2.45, 2.75) is 87.3 Å². The summed E-state index contributed by atoms with van der Waals surface area (Å²) < 4.78 is 41.6. The molecule has 2 heterocycles. The molecule has 2 bridgehead atoms. The van der Waals surface area contributed by atoms with Gasteiger partial charge < -0.3 is 20.7 Å². The minimum absolute atomic E-state index is 0.0617. The van der Waals surface area contributed by atoms with Crippen molar-refractivity contribution in [3.8, 4) is 5.75 Å². The summed E-state index contributed by atoms with van der Waals surface area (Å²) in [5.74, 6) is -0.653.